The summed E-state index contributed by atoms with van der Waals surface area (Å²) >= 11 is 0. The van der Waals surface area contributed by atoms with Gasteiger partial charge in [-0.15, -0.1) is 0 Å². The van der Waals surface area contributed by atoms with Crippen LogP contribution in [-0.2, 0) is 0 Å². The van der Waals surface area contributed by atoms with Crippen LogP contribution in [0, 0.1) is 0 Å². The Balaban J connectivity index is 1.44. The van der Waals surface area contributed by atoms with E-state index in [0.717, 1.165) is 12.8 Å². The lowest BCUT2D eigenvalue weighted by atomic mass is 10.0. The van der Waals surface area contributed by atoms with Crippen LogP contribution < -0.4 is 10.1 Å². The van der Waals surface area contributed by atoms with Gasteiger partial charge >= 0.3 is 5.97 Å². The summed E-state index contributed by atoms with van der Waals surface area (Å²) in [5.41, 5.74) is 0.254. The van der Waals surface area contributed by atoms with Crippen LogP contribution in [0.1, 0.15) is 156 Å². The molecule has 0 aliphatic rings. The molecule has 2 rings (SSSR count). The van der Waals surface area contributed by atoms with Crippen molar-refractivity contribution >= 4 is 17.6 Å². The minimum Gasteiger partial charge on any atom is -0.491 e. The molecule has 1 aromatic carbocycles. The van der Waals surface area contributed by atoms with E-state index < -0.39 is 11.9 Å². The Morgan fingerprint density at radius 3 is 1.68 bits per heavy atom. The number of amides is 1. The van der Waals surface area contributed by atoms with Gasteiger partial charge in [-0.25, -0.2) is 4.79 Å². The Morgan fingerprint density at radius 1 is 0.683 bits per heavy atom. The van der Waals surface area contributed by atoms with E-state index in [1.165, 1.54) is 134 Å². The van der Waals surface area contributed by atoms with Crippen molar-refractivity contribution in [3.05, 3.63) is 53.9 Å². The van der Waals surface area contributed by atoms with Gasteiger partial charge in [0.2, 0.25) is 0 Å². The molecule has 0 unspecified atom stereocenters. The second-order valence-corrected chi connectivity index (χ2v) is 11.2. The molecule has 2 N–H and O–H groups in total. The molecule has 1 heterocycles. The average Bonchev–Trinajstić information content (AvgIpc) is 2.98. The Hall–Kier alpha value is -2.89. The second kappa shape index (κ2) is 22.8. The number of para-hydroxylation sites is 2. The van der Waals surface area contributed by atoms with Crippen molar-refractivity contribution in [2.75, 3.05) is 11.9 Å². The third-order valence-corrected chi connectivity index (χ3v) is 7.64. The first-order chi connectivity index (χ1) is 20.1. The number of ether oxygens (including phenoxy) is 1. The van der Waals surface area contributed by atoms with Crippen LogP contribution >= 0.6 is 0 Å². The first-order valence-corrected chi connectivity index (χ1v) is 16.3. The van der Waals surface area contributed by atoms with Crippen molar-refractivity contribution in [3.63, 3.8) is 0 Å². The number of carbonyl (C=O) groups excluding carboxylic acids is 1. The van der Waals surface area contributed by atoms with Crippen molar-refractivity contribution in [1.29, 1.82) is 0 Å². The third kappa shape index (κ3) is 15.6. The number of hydrogen-bond acceptors (Lipinski definition) is 4. The molecule has 0 fully saturated rings. The standard InChI is InChI=1S/C35H54N2O4/c1-2-3-4-5-6-7-8-9-10-11-12-13-14-15-16-17-18-19-20-23-29-41-32-27-22-21-26-31(32)37-34(38)33-30(35(39)40)25-24-28-36-33/h21-22,24-28H,2-20,23,29H2,1H3,(H,37,38)(H,39,40). The molecule has 2 aromatic rings. The molecule has 0 bridgehead atoms. The van der Waals surface area contributed by atoms with E-state index in [1.807, 2.05) is 12.1 Å². The van der Waals surface area contributed by atoms with E-state index in [1.54, 1.807) is 12.1 Å². The lowest BCUT2D eigenvalue weighted by Crippen LogP contribution is -2.18. The van der Waals surface area contributed by atoms with Gasteiger partial charge in [0, 0.05) is 6.20 Å². The summed E-state index contributed by atoms with van der Waals surface area (Å²) in [6.07, 6.45) is 28.5. The fourth-order valence-electron chi connectivity index (χ4n) is 5.18. The predicted octanol–water partition coefficient (Wildman–Crippen LogP) is 10.2. The van der Waals surface area contributed by atoms with Crippen LogP contribution in [0.3, 0.4) is 0 Å². The summed E-state index contributed by atoms with van der Waals surface area (Å²) in [6, 6.07) is 10.1. The summed E-state index contributed by atoms with van der Waals surface area (Å²) in [5, 5.41) is 12.1. The molecule has 0 radical (unpaired) electrons. The minimum absolute atomic E-state index is 0.121. The van der Waals surface area contributed by atoms with E-state index in [9.17, 15) is 14.7 Å². The topological polar surface area (TPSA) is 88.5 Å². The molecule has 0 saturated heterocycles. The highest BCUT2D eigenvalue weighted by atomic mass is 16.5. The molecule has 0 aliphatic heterocycles. The summed E-state index contributed by atoms with van der Waals surface area (Å²) in [4.78, 5) is 28.0. The molecule has 41 heavy (non-hydrogen) atoms. The van der Waals surface area contributed by atoms with Crippen LogP contribution in [0.25, 0.3) is 0 Å². The predicted molar refractivity (Wildman–Crippen MR) is 169 cm³/mol. The van der Waals surface area contributed by atoms with Gasteiger partial charge in [-0.05, 0) is 30.7 Å². The molecule has 0 atom stereocenters. The number of benzene rings is 1. The van der Waals surface area contributed by atoms with Gasteiger partial charge in [-0.3, -0.25) is 9.78 Å². The highest BCUT2D eigenvalue weighted by molar-refractivity contribution is 6.09. The fraction of sp³-hybridized carbons (Fsp3) is 0.629. The highest BCUT2D eigenvalue weighted by Gasteiger charge is 2.18. The SMILES string of the molecule is CCCCCCCCCCCCCCCCCCCCCCOc1ccccc1NC(=O)c1ncccc1C(=O)O. The maximum atomic E-state index is 12.7. The fourth-order valence-corrected chi connectivity index (χ4v) is 5.18. The molecule has 6 nitrogen and oxygen atoms in total. The number of nitrogens with one attached hydrogen (secondary N) is 1. The van der Waals surface area contributed by atoms with Crippen molar-refractivity contribution in [2.45, 2.75) is 135 Å². The van der Waals surface area contributed by atoms with Crippen molar-refractivity contribution in [3.8, 4) is 5.75 Å². The van der Waals surface area contributed by atoms with Gasteiger partial charge < -0.3 is 15.2 Å². The zero-order valence-electron chi connectivity index (χ0n) is 25.5. The number of unbranched alkanes of at least 4 members (excludes halogenated alkanes) is 19. The van der Waals surface area contributed by atoms with E-state index in [0.29, 0.717) is 18.0 Å². The molecule has 228 valence electrons. The van der Waals surface area contributed by atoms with Crippen LogP contribution in [0.2, 0.25) is 0 Å². The lowest BCUT2D eigenvalue weighted by Gasteiger charge is -2.13. The van der Waals surface area contributed by atoms with Crippen LogP contribution in [-0.4, -0.2) is 28.6 Å². The summed E-state index contributed by atoms with van der Waals surface area (Å²) in [5.74, 6) is -1.18. The smallest absolute Gasteiger partial charge is 0.338 e. The number of rotatable bonds is 25. The monoisotopic (exact) mass is 566 g/mol. The molecule has 0 saturated carbocycles. The second-order valence-electron chi connectivity index (χ2n) is 11.2. The molecule has 6 heteroatoms. The number of carbonyl (C=O) groups is 2. The lowest BCUT2D eigenvalue weighted by molar-refractivity contribution is 0.0691. The van der Waals surface area contributed by atoms with Gasteiger partial charge in [0.05, 0.1) is 17.9 Å². The maximum absolute atomic E-state index is 12.7. The van der Waals surface area contributed by atoms with Gasteiger partial charge in [-0.2, -0.15) is 0 Å². The quantitative estimate of drug-likeness (QED) is 0.117. The van der Waals surface area contributed by atoms with Gasteiger partial charge in [0.1, 0.15) is 11.4 Å². The number of pyridine rings is 1. The van der Waals surface area contributed by atoms with Gasteiger partial charge in [0.25, 0.3) is 5.91 Å². The third-order valence-electron chi connectivity index (χ3n) is 7.64. The molecule has 1 amide bonds. The zero-order valence-corrected chi connectivity index (χ0v) is 25.5. The molecular formula is C35H54N2O4. The minimum atomic E-state index is -1.19. The molecule has 1 aromatic heterocycles. The summed E-state index contributed by atoms with van der Waals surface area (Å²) < 4.78 is 5.94. The Labute approximate surface area is 248 Å². The number of anilines is 1. The van der Waals surface area contributed by atoms with Crippen molar-refractivity contribution in [2.24, 2.45) is 0 Å². The van der Waals surface area contributed by atoms with E-state index in [-0.39, 0.29) is 11.3 Å². The number of carboxylic acid groups (broad SMARTS) is 1. The number of aromatic nitrogens is 1. The Bertz CT molecular complexity index is 978. The maximum Gasteiger partial charge on any atom is 0.338 e. The largest absolute Gasteiger partial charge is 0.491 e. The Kier molecular flexibility index (Phi) is 19.0. The van der Waals surface area contributed by atoms with Crippen LogP contribution in [0.4, 0.5) is 5.69 Å². The van der Waals surface area contributed by atoms with E-state index >= 15 is 0 Å². The molecule has 0 aliphatic carbocycles. The first kappa shape index (κ1) is 34.3. The normalized spacial score (nSPS) is 11.0. The number of hydrogen-bond donors (Lipinski definition) is 2. The van der Waals surface area contributed by atoms with Crippen molar-refractivity contribution in [1.82, 2.24) is 4.98 Å². The van der Waals surface area contributed by atoms with Crippen LogP contribution in [0.15, 0.2) is 42.6 Å². The zero-order chi connectivity index (χ0) is 29.4. The van der Waals surface area contributed by atoms with E-state index in [2.05, 4.69) is 17.2 Å². The van der Waals surface area contributed by atoms with Crippen LogP contribution in [0.5, 0.6) is 5.75 Å². The highest BCUT2D eigenvalue weighted by Crippen LogP contribution is 2.25. The molecule has 0 spiro atoms. The molecular weight excluding hydrogens is 512 g/mol. The number of nitrogens with zero attached hydrogens (tertiary/aromatic N) is 1. The summed E-state index contributed by atoms with van der Waals surface area (Å²) in [7, 11) is 0. The number of carboxylic acids is 1. The Morgan fingerprint density at radius 2 is 1.17 bits per heavy atom. The van der Waals surface area contributed by atoms with Gasteiger partial charge in [0.15, 0.2) is 0 Å². The summed E-state index contributed by atoms with van der Waals surface area (Å²) in [6.45, 7) is 2.86. The average molecular weight is 567 g/mol. The first-order valence-electron chi connectivity index (χ1n) is 16.3. The van der Waals surface area contributed by atoms with Gasteiger partial charge in [-0.1, -0.05) is 141 Å². The van der Waals surface area contributed by atoms with E-state index in [4.69, 9.17) is 4.74 Å². The van der Waals surface area contributed by atoms with Crippen molar-refractivity contribution < 1.29 is 19.4 Å². The number of aromatic carboxylic acids is 1.